The summed E-state index contributed by atoms with van der Waals surface area (Å²) < 4.78 is 5.22. The van der Waals surface area contributed by atoms with Crippen LogP contribution in [0.3, 0.4) is 0 Å². The van der Waals surface area contributed by atoms with Crippen LogP contribution < -0.4 is 0 Å². The van der Waals surface area contributed by atoms with Crippen LogP contribution in [-0.4, -0.2) is 11.0 Å². The summed E-state index contributed by atoms with van der Waals surface area (Å²) in [5.74, 6) is 0.683. The van der Waals surface area contributed by atoms with Crippen LogP contribution in [0.1, 0.15) is 50.5 Å². The van der Waals surface area contributed by atoms with E-state index >= 15 is 0 Å². The Bertz CT molecular complexity index is 428. The molecule has 0 aliphatic heterocycles. The van der Waals surface area contributed by atoms with Crippen molar-refractivity contribution in [3.8, 4) is 0 Å². The molecule has 3 heteroatoms. The molecule has 0 N–H and O–H groups in total. The van der Waals surface area contributed by atoms with E-state index in [1.807, 2.05) is 12.1 Å². The Morgan fingerprint density at radius 3 is 3.05 bits per heavy atom. The third-order valence-corrected chi connectivity index (χ3v) is 3.69. The maximum Gasteiger partial charge on any atom is 0.306 e. The second-order valence-corrected chi connectivity index (χ2v) is 5.39. The summed E-state index contributed by atoms with van der Waals surface area (Å²) >= 11 is 0. The molecule has 3 nitrogen and oxygen atoms in total. The van der Waals surface area contributed by atoms with Gasteiger partial charge in [0.15, 0.2) is 0 Å². The van der Waals surface area contributed by atoms with E-state index in [2.05, 4.69) is 17.1 Å². The van der Waals surface area contributed by atoms with E-state index in [9.17, 15) is 4.79 Å². The molecule has 2 rings (SSSR count). The Labute approximate surface area is 121 Å². The van der Waals surface area contributed by atoms with Gasteiger partial charge in [0, 0.05) is 24.4 Å². The number of hydrogen-bond donors (Lipinski definition) is 0. The highest BCUT2D eigenvalue weighted by atomic mass is 16.5. The highest BCUT2D eigenvalue weighted by molar-refractivity contribution is 5.69. The van der Waals surface area contributed by atoms with Gasteiger partial charge in [0.2, 0.25) is 0 Å². The minimum Gasteiger partial charge on any atom is -0.461 e. The van der Waals surface area contributed by atoms with Crippen LogP contribution in [-0.2, 0) is 16.1 Å². The fourth-order valence-corrected chi connectivity index (χ4v) is 2.51. The van der Waals surface area contributed by atoms with E-state index in [1.165, 1.54) is 25.7 Å². The fraction of sp³-hybridized carbons (Fsp3) is 0.529. The van der Waals surface area contributed by atoms with Gasteiger partial charge in [0.25, 0.3) is 0 Å². The van der Waals surface area contributed by atoms with E-state index in [-0.39, 0.29) is 5.97 Å². The molecule has 0 aromatic carbocycles. The molecule has 1 atom stereocenters. The molecule has 1 aliphatic rings. The Morgan fingerprint density at radius 2 is 2.30 bits per heavy atom. The van der Waals surface area contributed by atoms with Gasteiger partial charge < -0.3 is 4.74 Å². The fourth-order valence-electron chi connectivity index (χ4n) is 2.51. The molecule has 0 fully saturated rings. The second kappa shape index (κ2) is 8.51. The summed E-state index contributed by atoms with van der Waals surface area (Å²) in [6.45, 7) is 0.333. The quantitative estimate of drug-likeness (QED) is 0.407. The van der Waals surface area contributed by atoms with E-state index in [0.717, 1.165) is 24.3 Å². The van der Waals surface area contributed by atoms with Crippen molar-refractivity contribution in [2.45, 2.75) is 51.6 Å². The Kier molecular flexibility index (Phi) is 6.28. The van der Waals surface area contributed by atoms with Gasteiger partial charge in [-0.1, -0.05) is 31.1 Å². The number of pyridine rings is 1. The number of hydrogen-bond acceptors (Lipinski definition) is 3. The van der Waals surface area contributed by atoms with Crippen LogP contribution in [0.15, 0.2) is 36.7 Å². The maximum atomic E-state index is 11.6. The van der Waals surface area contributed by atoms with Crippen LogP contribution in [0.2, 0.25) is 0 Å². The van der Waals surface area contributed by atoms with Crippen molar-refractivity contribution < 1.29 is 9.53 Å². The smallest absolute Gasteiger partial charge is 0.306 e. The van der Waals surface area contributed by atoms with Crippen molar-refractivity contribution in [2.24, 2.45) is 5.92 Å². The number of carbonyl (C=O) groups excluding carboxylic acids is 1. The molecule has 1 aromatic rings. The minimum absolute atomic E-state index is 0.102. The normalized spacial score (nSPS) is 17.3. The number of nitrogens with zero attached hydrogens (tertiary/aromatic N) is 1. The summed E-state index contributed by atoms with van der Waals surface area (Å²) in [4.78, 5) is 15.6. The molecule has 108 valence electrons. The Hall–Kier alpha value is -1.64. The number of aromatic nitrogens is 1. The number of rotatable bonds is 8. The van der Waals surface area contributed by atoms with E-state index < -0.39 is 0 Å². The van der Waals surface area contributed by atoms with Gasteiger partial charge in [0.1, 0.15) is 6.61 Å². The lowest BCUT2D eigenvalue weighted by Crippen LogP contribution is -2.04. The van der Waals surface area contributed by atoms with Gasteiger partial charge in [-0.2, -0.15) is 0 Å². The van der Waals surface area contributed by atoms with Crippen LogP contribution in [0.4, 0.5) is 0 Å². The van der Waals surface area contributed by atoms with Crippen LogP contribution in [0.5, 0.6) is 0 Å². The van der Waals surface area contributed by atoms with Crippen LogP contribution in [0, 0.1) is 5.92 Å². The predicted octanol–water partition coefficient (Wildman–Crippen LogP) is 4.04. The van der Waals surface area contributed by atoms with Gasteiger partial charge >= 0.3 is 5.97 Å². The second-order valence-electron chi connectivity index (χ2n) is 5.39. The highest BCUT2D eigenvalue weighted by Gasteiger charge is 2.08. The maximum absolute atomic E-state index is 11.6. The first kappa shape index (κ1) is 14.8. The topological polar surface area (TPSA) is 39.2 Å². The lowest BCUT2D eigenvalue weighted by Gasteiger charge is -2.07. The zero-order chi connectivity index (χ0) is 14.0. The molecule has 1 aliphatic carbocycles. The largest absolute Gasteiger partial charge is 0.461 e. The number of ether oxygens (including phenoxy) is 1. The lowest BCUT2D eigenvalue weighted by molar-refractivity contribution is -0.145. The molecule has 0 radical (unpaired) electrons. The molecule has 0 amide bonds. The molecule has 0 bridgehead atoms. The van der Waals surface area contributed by atoms with Gasteiger partial charge in [-0.3, -0.25) is 9.78 Å². The average molecular weight is 273 g/mol. The number of esters is 1. The Balaban J connectivity index is 1.48. The van der Waals surface area contributed by atoms with Gasteiger partial charge in [-0.25, -0.2) is 0 Å². The first-order valence-corrected chi connectivity index (χ1v) is 7.56. The van der Waals surface area contributed by atoms with Gasteiger partial charge in [0.05, 0.1) is 0 Å². The molecule has 1 aromatic heterocycles. The van der Waals surface area contributed by atoms with Crippen molar-refractivity contribution in [3.63, 3.8) is 0 Å². The SMILES string of the molecule is O=C(CCCCCC1C=CCC1)OCc1cccnc1. The third-order valence-electron chi connectivity index (χ3n) is 3.69. The van der Waals surface area contributed by atoms with Crippen molar-refractivity contribution >= 4 is 5.97 Å². The number of carbonyl (C=O) groups is 1. The molecule has 1 heterocycles. The van der Waals surface area contributed by atoms with Crippen LogP contribution in [0.25, 0.3) is 0 Å². The monoisotopic (exact) mass is 273 g/mol. The van der Waals surface area contributed by atoms with Crippen molar-refractivity contribution in [2.75, 3.05) is 0 Å². The summed E-state index contributed by atoms with van der Waals surface area (Å²) in [6, 6.07) is 3.76. The van der Waals surface area contributed by atoms with Gasteiger partial charge in [-0.15, -0.1) is 0 Å². The molecule has 0 saturated heterocycles. The minimum atomic E-state index is -0.102. The predicted molar refractivity (Wildman–Crippen MR) is 79.0 cm³/mol. The highest BCUT2D eigenvalue weighted by Crippen LogP contribution is 2.22. The van der Waals surface area contributed by atoms with Crippen molar-refractivity contribution in [1.29, 1.82) is 0 Å². The molecule has 20 heavy (non-hydrogen) atoms. The molecule has 0 spiro atoms. The summed E-state index contributed by atoms with van der Waals surface area (Å²) in [6.07, 6.45) is 15.7. The Morgan fingerprint density at radius 1 is 1.35 bits per heavy atom. The van der Waals surface area contributed by atoms with Crippen molar-refractivity contribution in [3.05, 3.63) is 42.2 Å². The lowest BCUT2D eigenvalue weighted by atomic mass is 10.0. The zero-order valence-corrected chi connectivity index (χ0v) is 12.0. The first-order valence-electron chi connectivity index (χ1n) is 7.56. The van der Waals surface area contributed by atoms with Crippen molar-refractivity contribution in [1.82, 2.24) is 4.98 Å². The zero-order valence-electron chi connectivity index (χ0n) is 12.0. The first-order chi connectivity index (χ1) is 9.84. The van der Waals surface area contributed by atoms with E-state index in [0.29, 0.717) is 13.0 Å². The molecule has 0 saturated carbocycles. The third kappa shape index (κ3) is 5.55. The van der Waals surface area contributed by atoms with E-state index in [4.69, 9.17) is 4.74 Å². The number of allylic oxidation sites excluding steroid dienone is 2. The number of unbranched alkanes of at least 4 members (excludes halogenated alkanes) is 2. The average Bonchev–Trinajstić information content (AvgIpc) is 2.99. The summed E-state index contributed by atoms with van der Waals surface area (Å²) in [5.41, 5.74) is 0.939. The van der Waals surface area contributed by atoms with E-state index in [1.54, 1.807) is 12.4 Å². The molecular formula is C17H23NO2. The molecule has 1 unspecified atom stereocenters. The summed E-state index contributed by atoms with van der Waals surface area (Å²) in [5, 5.41) is 0. The van der Waals surface area contributed by atoms with Gasteiger partial charge in [-0.05, 0) is 37.7 Å². The summed E-state index contributed by atoms with van der Waals surface area (Å²) in [7, 11) is 0. The standard InChI is InChI=1S/C17H23NO2/c19-17(20-14-16-10-6-12-18-13-16)11-3-1-2-7-15-8-4-5-9-15/h4,6,8,10,12-13,15H,1-3,5,7,9,11,14H2. The van der Waals surface area contributed by atoms with Crippen LogP contribution >= 0.6 is 0 Å². The molecular weight excluding hydrogens is 250 g/mol.